The van der Waals surface area contributed by atoms with E-state index in [1.165, 1.54) is 63.7 Å². The van der Waals surface area contributed by atoms with Crippen LogP contribution >= 0.6 is 0 Å². The molecule has 0 fully saturated rings. The molecule has 4 aromatic rings. The summed E-state index contributed by atoms with van der Waals surface area (Å²) in [6, 6.07) is 27.8. The van der Waals surface area contributed by atoms with Crippen molar-refractivity contribution in [3.63, 3.8) is 0 Å². The summed E-state index contributed by atoms with van der Waals surface area (Å²) in [5.41, 5.74) is 8.79. The number of carbonyl (C=O) groups is 1. The first-order chi connectivity index (χ1) is 21.6. The molecule has 1 N–H and O–H groups in total. The Bertz CT molecular complexity index is 1620. The zero-order valence-electron chi connectivity index (χ0n) is 28.9. The van der Waals surface area contributed by atoms with Crippen molar-refractivity contribution in [1.29, 1.82) is 0 Å². The number of benzene rings is 3. The molecule has 3 nitrogen and oxygen atoms in total. The van der Waals surface area contributed by atoms with E-state index in [9.17, 15) is 9.90 Å². The van der Waals surface area contributed by atoms with Crippen molar-refractivity contribution in [1.82, 2.24) is 4.98 Å². The summed E-state index contributed by atoms with van der Waals surface area (Å²) < 4.78 is 0. The fourth-order valence-electron chi connectivity index (χ4n) is 6.40. The van der Waals surface area contributed by atoms with Crippen molar-refractivity contribution < 1.29 is 30.0 Å². The summed E-state index contributed by atoms with van der Waals surface area (Å²) in [6.45, 7) is 15.3. The predicted octanol–water partition coefficient (Wildman–Crippen LogP) is 10.7. The van der Waals surface area contributed by atoms with Crippen LogP contribution in [0, 0.1) is 17.9 Å². The molecule has 5 heteroatoms. The number of aliphatic hydroxyl groups excluding tert-OH is 1. The van der Waals surface area contributed by atoms with Gasteiger partial charge < -0.3 is 5.11 Å². The van der Waals surface area contributed by atoms with Crippen LogP contribution in [0.5, 0.6) is 0 Å². The molecule has 1 radical (unpaired) electrons. The van der Waals surface area contributed by atoms with Crippen LogP contribution in [0.15, 0.2) is 78.6 Å². The molecule has 0 bridgehead atoms. The zero-order chi connectivity index (χ0) is 32.6. The molecule has 0 saturated heterocycles. The van der Waals surface area contributed by atoms with Gasteiger partial charge in [-0.05, 0) is 55.0 Å². The molecule has 1 aliphatic carbocycles. The van der Waals surface area contributed by atoms with Gasteiger partial charge in [-0.3, -0.25) is 9.78 Å². The van der Waals surface area contributed by atoms with E-state index in [-0.39, 0.29) is 43.5 Å². The van der Waals surface area contributed by atoms with E-state index in [0.717, 1.165) is 43.3 Å². The summed E-state index contributed by atoms with van der Waals surface area (Å²) in [5, 5.41) is 12.5. The fraction of sp³-hybridized carbons (Fsp3) is 0.415. The Morgan fingerprint density at radius 1 is 0.891 bits per heavy atom. The third-order valence-corrected chi connectivity index (χ3v) is 11.5. The first-order valence-electron chi connectivity index (χ1n) is 17.1. The van der Waals surface area contributed by atoms with Gasteiger partial charge in [-0.25, -0.2) is 0 Å². The van der Waals surface area contributed by atoms with Gasteiger partial charge in [-0.1, -0.05) is 120 Å². The molecular weight excluding hydrogens is 759 g/mol. The number of rotatable bonds is 10. The average Bonchev–Trinajstić information content (AvgIpc) is 3.05. The largest absolute Gasteiger partial charge is 0.512 e. The van der Waals surface area contributed by atoms with Crippen molar-refractivity contribution in [3.8, 4) is 22.4 Å². The van der Waals surface area contributed by atoms with Gasteiger partial charge in [-0.2, -0.15) is 0 Å². The summed E-state index contributed by atoms with van der Waals surface area (Å²) in [4.78, 5) is 16.9. The van der Waals surface area contributed by atoms with E-state index in [1.807, 2.05) is 27.7 Å². The second-order valence-electron chi connectivity index (χ2n) is 13.5. The number of aliphatic hydroxyl groups is 1. The van der Waals surface area contributed by atoms with Crippen molar-refractivity contribution in [2.45, 2.75) is 98.7 Å². The second kappa shape index (κ2) is 17.3. The van der Waals surface area contributed by atoms with Crippen LogP contribution in [0.3, 0.4) is 0 Å². The van der Waals surface area contributed by atoms with Crippen LogP contribution < -0.4 is 5.19 Å². The number of nitrogens with zero attached hydrogens (tertiary/aromatic N) is 1. The molecule has 1 heterocycles. The van der Waals surface area contributed by atoms with E-state index >= 15 is 0 Å². The Balaban J connectivity index is 0.000000309. The van der Waals surface area contributed by atoms with Crippen molar-refractivity contribution in [3.05, 3.63) is 95.8 Å². The Kier molecular flexibility index (Phi) is 14.2. The van der Waals surface area contributed by atoms with Crippen LogP contribution in [0.1, 0.15) is 77.3 Å². The van der Waals surface area contributed by atoms with Gasteiger partial charge in [0.15, 0.2) is 5.78 Å². The van der Waals surface area contributed by atoms with Crippen LogP contribution in [-0.4, -0.2) is 23.9 Å². The zero-order valence-corrected chi connectivity index (χ0v) is 32.3. The molecule has 3 aromatic carbocycles. The van der Waals surface area contributed by atoms with E-state index in [4.69, 9.17) is 4.98 Å². The Hall–Kier alpha value is -2.85. The Labute approximate surface area is 292 Å². The molecule has 247 valence electrons. The molecule has 0 atom stereocenters. The topological polar surface area (TPSA) is 50.2 Å². The number of aromatic nitrogens is 1. The third-order valence-electron chi connectivity index (χ3n) is 9.42. The van der Waals surface area contributed by atoms with Gasteiger partial charge in [-0.15, -0.1) is 34.9 Å². The minimum absolute atomic E-state index is 0. The van der Waals surface area contributed by atoms with Crippen LogP contribution in [0.2, 0.25) is 19.6 Å². The fourth-order valence-corrected chi connectivity index (χ4v) is 7.56. The number of allylic oxidation sites excluding steroid dienone is 2. The molecule has 0 amide bonds. The van der Waals surface area contributed by atoms with Crippen LogP contribution in [0.4, 0.5) is 0 Å². The monoisotopic (exact) mass is 811 g/mol. The molecule has 0 unspecified atom stereocenters. The number of hydrogen-bond donors (Lipinski definition) is 1. The maximum atomic E-state index is 11.7. The SMILES string of the molecule is CCC(CC)C(=O)/C=C(\O)C(CC)CC.C[Si](C)(C)c1ccc2nc(-c3[c-]ccc4c3CCCC4)cc(-c3ccccc3)c2c1.[Ir]. The molecule has 46 heavy (non-hydrogen) atoms. The van der Waals surface area contributed by atoms with Crippen molar-refractivity contribution in [2.75, 3.05) is 0 Å². The number of ketones is 1. The van der Waals surface area contributed by atoms with Gasteiger partial charge >= 0.3 is 0 Å². The van der Waals surface area contributed by atoms with Gasteiger partial charge in [0, 0.05) is 43.4 Å². The first-order valence-corrected chi connectivity index (χ1v) is 20.6. The van der Waals surface area contributed by atoms with E-state index < -0.39 is 8.07 Å². The van der Waals surface area contributed by atoms with Gasteiger partial charge in [0.1, 0.15) is 0 Å². The van der Waals surface area contributed by atoms with Crippen molar-refractivity contribution >= 4 is 29.9 Å². The number of pyridine rings is 1. The quantitative estimate of drug-likeness (QED) is 0.0751. The molecule has 1 aromatic heterocycles. The van der Waals surface area contributed by atoms with Gasteiger partial charge in [0.2, 0.25) is 0 Å². The first kappa shape index (κ1) is 37.6. The normalized spacial score (nSPS) is 13.2. The average molecular weight is 811 g/mol. The standard InChI is InChI=1S/C28H28NSi.C13H24O2.Ir/c1-30(2,3)22-16-17-27-26(18-22)25(21-10-5-4-6-11-21)19-28(29-27)24-15-9-13-20-12-7-8-14-23(20)24;1-5-10(6-2)12(14)9-13(15)11(7-3)8-4;/h4-6,9-11,13,16-19H,7-8,12,14H2,1-3H3;9-11,14H,5-8H2,1-4H3;/q-1;;/b;12-9-;. The summed E-state index contributed by atoms with van der Waals surface area (Å²) in [5.74, 6) is 0.547. The molecule has 0 saturated carbocycles. The second-order valence-corrected chi connectivity index (χ2v) is 18.5. The summed E-state index contributed by atoms with van der Waals surface area (Å²) >= 11 is 0. The number of fused-ring (bicyclic) bond motifs is 2. The maximum Gasteiger partial charge on any atom is 0.162 e. The van der Waals surface area contributed by atoms with E-state index in [0.29, 0.717) is 0 Å². The molecule has 5 rings (SSSR count). The number of carbonyl (C=O) groups excluding carboxylic acids is 1. The van der Waals surface area contributed by atoms with Gasteiger partial charge in [0.05, 0.1) is 19.3 Å². The third kappa shape index (κ3) is 9.15. The molecule has 1 aliphatic rings. The Morgan fingerprint density at radius 3 is 2.17 bits per heavy atom. The summed E-state index contributed by atoms with van der Waals surface area (Å²) in [7, 11) is -1.41. The van der Waals surface area contributed by atoms with E-state index in [1.54, 1.807) is 0 Å². The van der Waals surface area contributed by atoms with Crippen molar-refractivity contribution in [2.24, 2.45) is 11.8 Å². The minimum Gasteiger partial charge on any atom is -0.512 e. The molecule has 0 aliphatic heterocycles. The van der Waals surface area contributed by atoms with Gasteiger partial charge in [0.25, 0.3) is 0 Å². The predicted molar refractivity (Wildman–Crippen MR) is 195 cm³/mol. The molecule has 0 spiro atoms. The van der Waals surface area contributed by atoms with E-state index in [2.05, 4.69) is 92.4 Å². The number of aryl methyl sites for hydroxylation is 1. The Morgan fingerprint density at radius 2 is 1.54 bits per heavy atom. The maximum absolute atomic E-state index is 11.7. The smallest absolute Gasteiger partial charge is 0.162 e. The minimum atomic E-state index is -1.41. The number of hydrogen-bond acceptors (Lipinski definition) is 3. The van der Waals surface area contributed by atoms with Crippen LogP contribution in [-0.2, 0) is 37.7 Å². The summed E-state index contributed by atoms with van der Waals surface area (Å²) in [6.07, 6.45) is 9.77. The molecular formula is C41H52IrNO2Si-. The van der Waals surface area contributed by atoms with Crippen LogP contribution in [0.25, 0.3) is 33.3 Å².